The van der Waals surface area contributed by atoms with E-state index in [1.807, 2.05) is 27.0 Å². The Morgan fingerprint density at radius 3 is 2.25 bits per heavy atom. The van der Waals surface area contributed by atoms with Crippen molar-refractivity contribution < 1.29 is 67.1 Å². The molecule has 55 heavy (non-hydrogen) atoms. The van der Waals surface area contributed by atoms with Crippen molar-refractivity contribution >= 4 is 5.97 Å². The summed E-state index contributed by atoms with van der Waals surface area (Å²) in [7, 11) is 3.22. The van der Waals surface area contributed by atoms with Crippen LogP contribution in [-0.2, 0) is 56.9 Å². The molecule has 8 rings (SSSR count). The first-order valence-corrected chi connectivity index (χ1v) is 20.5. The number of hydrogen-bond donors (Lipinski definition) is 2. The van der Waals surface area contributed by atoms with Gasteiger partial charge >= 0.3 is 5.97 Å². The van der Waals surface area contributed by atoms with Crippen LogP contribution < -0.4 is 0 Å². The van der Waals surface area contributed by atoms with Crippen LogP contribution in [0.4, 0.5) is 0 Å². The fourth-order valence-electron chi connectivity index (χ4n) is 11.0. The molecule has 14 heteroatoms. The second-order valence-corrected chi connectivity index (χ2v) is 17.6. The zero-order valence-corrected chi connectivity index (χ0v) is 33.3. The van der Waals surface area contributed by atoms with Crippen LogP contribution in [-0.4, -0.2) is 129 Å². The molecule has 2 aliphatic carbocycles. The predicted molar refractivity (Wildman–Crippen MR) is 193 cm³/mol. The highest BCUT2D eigenvalue weighted by Gasteiger charge is 2.58. The van der Waals surface area contributed by atoms with E-state index in [-0.39, 0.29) is 60.0 Å². The first-order chi connectivity index (χ1) is 26.3. The third kappa shape index (κ3) is 7.56. The molecule has 0 amide bonds. The maximum Gasteiger partial charge on any atom is 0.309 e. The fraction of sp³-hybridized carbons (Fsp3) is 0.878. The van der Waals surface area contributed by atoms with Gasteiger partial charge in [0, 0.05) is 40.4 Å². The Morgan fingerprint density at radius 2 is 1.51 bits per heavy atom. The van der Waals surface area contributed by atoms with Gasteiger partial charge in [0.05, 0.1) is 67.4 Å². The Balaban J connectivity index is 0.851. The quantitative estimate of drug-likeness (QED) is 0.269. The standard InChI is InChI=1S/C41H62O14/c1-20-36(43)29(45-6)16-34(49-20)54-37-21(2)50-32(15-28(37)42)55-38-22(3)51-33(17-30(38)46-7)52-25-12-13-40(4)24(14-25)9-10-26-27(40)11-8-23-18-47-41(5)35(23)31(19-48-41)53-39(26)44/h9,18,20-22,25-38,42-43H,8,10-17,19H2,1-7H3/t20-,21+,22+,25-,26-,27-,28-,29+,30+,31+,32-,33-,34-,35+,36-,37+,38+,40-,41-/m0/s1. The number of allylic oxidation sites excluding steroid dienone is 1. The number of esters is 1. The van der Waals surface area contributed by atoms with Crippen molar-refractivity contribution in [3.8, 4) is 0 Å². The fourth-order valence-corrected chi connectivity index (χ4v) is 11.0. The first-order valence-electron chi connectivity index (χ1n) is 20.5. The topological polar surface area (TPSA) is 159 Å². The van der Waals surface area contributed by atoms with Crippen LogP contribution in [0.25, 0.3) is 0 Å². The molecule has 6 aliphatic heterocycles. The normalized spacial score (nSPS) is 51.2. The number of ether oxygens (including phenoxy) is 11. The van der Waals surface area contributed by atoms with E-state index in [9.17, 15) is 15.0 Å². The number of hydrogen-bond acceptors (Lipinski definition) is 14. The van der Waals surface area contributed by atoms with Crippen LogP contribution in [0.5, 0.6) is 0 Å². The summed E-state index contributed by atoms with van der Waals surface area (Å²) in [6.07, 6.45) is 3.21. The Morgan fingerprint density at radius 1 is 0.836 bits per heavy atom. The second-order valence-electron chi connectivity index (χ2n) is 17.6. The van der Waals surface area contributed by atoms with Crippen LogP contribution in [0, 0.1) is 23.2 Å². The van der Waals surface area contributed by atoms with E-state index < -0.39 is 67.4 Å². The van der Waals surface area contributed by atoms with Crippen molar-refractivity contribution in [2.45, 2.75) is 184 Å². The van der Waals surface area contributed by atoms with Crippen LogP contribution in [0.2, 0.25) is 0 Å². The van der Waals surface area contributed by atoms with E-state index in [1.54, 1.807) is 21.1 Å². The lowest BCUT2D eigenvalue weighted by molar-refractivity contribution is -0.337. The number of carbonyl (C=O) groups excluding carboxylic acids is 1. The van der Waals surface area contributed by atoms with E-state index in [2.05, 4.69) is 13.0 Å². The molecule has 5 saturated heterocycles. The van der Waals surface area contributed by atoms with Crippen LogP contribution in [0.15, 0.2) is 23.5 Å². The zero-order valence-electron chi connectivity index (χ0n) is 33.3. The van der Waals surface area contributed by atoms with Crippen molar-refractivity contribution in [1.29, 1.82) is 0 Å². The summed E-state index contributed by atoms with van der Waals surface area (Å²) >= 11 is 0. The smallest absolute Gasteiger partial charge is 0.309 e. The number of fused-ring (bicyclic) bond motifs is 3. The molecule has 19 atom stereocenters. The molecule has 0 radical (unpaired) electrons. The minimum atomic E-state index is -0.866. The molecule has 0 aromatic carbocycles. The van der Waals surface area contributed by atoms with Gasteiger partial charge in [0.2, 0.25) is 5.79 Å². The zero-order chi connectivity index (χ0) is 38.8. The van der Waals surface area contributed by atoms with Crippen molar-refractivity contribution in [3.63, 3.8) is 0 Å². The molecule has 6 heterocycles. The molecule has 0 aromatic heterocycles. The predicted octanol–water partition coefficient (Wildman–Crippen LogP) is 4.03. The summed E-state index contributed by atoms with van der Waals surface area (Å²) in [6, 6.07) is 0. The number of carbonyl (C=O) groups is 1. The van der Waals surface area contributed by atoms with Gasteiger partial charge in [0.15, 0.2) is 18.9 Å². The Hall–Kier alpha value is -1.69. The maximum absolute atomic E-state index is 13.7. The molecule has 1 saturated carbocycles. The van der Waals surface area contributed by atoms with E-state index in [4.69, 9.17) is 52.1 Å². The summed E-state index contributed by atoms with van der Waals surface area (Å²) in [6.45, 7) is 10.2. The molecule has 0 spiro atoms. The monoisotopic (exact) mass is 778 g/mol. The number of methoxy groups -OCH3 is 2. The van der Waals surface area contributed by atoms with Gasteiger partial charge in [0.25, 0.3) is 0 Å². The molecule has 2 N–H and O–H groups in total. The number of aliphatic hydroxyl groups excluding tert-OH is 2. The highest BCUT2D eigenvalue weighted by molar-refractivity contribution is 5.74. The van der Waals surface area contributed by atoms with Crippen molar-refractivity contribution in [1.82, 2.24) is 0 Å². The minimum absolute atomic E-state index is 0.0253. The highest BCUT2D eigenvalue weighted by atomic mass is 16.7. The summed E-state index contributed by atoms with van der Waals surface area (Å²) < 4.78 is 67.3. The van der Waals surface area contributed by atoms with Gasteiger partial charge in [0.1, 0.15) is 24.4 Å². The molecule has 8 aliphatic rings. The molecule has 0 unspecified atom stereocenters. The Kier molecular flexibility index (Phi) is 11.5. The van der Waals surface area contributed by atoms with Gasteiger partial charge < -0.3 is 62.3 Å². The number of aliphatic hydroxyl groups is 2. The van der Waals surface area contributed by atoms with Gasteiger partial charge in [-0.1, -0.05) is 18.6 Å². The Bertz CT molecular complexity index is 1440. The van der Waals surface area contributed by atoms with Gasteiger partial charge in [-0.2, -0.15) is 0 Å². The van der Waals surface area contributed by atoms with Crippen LogP contribution in [0.3, 0.4) is 0 Å². The maximum atomic E-state index is 13.7. The van der Waals surface area contributed by atoms with Gasteiger partial charge in [-0.05, 0) is 76.2 Å². The molecule has 14 nitrogen and oxygen atoms in total. The SMILES string of the molecule is CO[C@@H]1C[C@H](O[C@H]2[C@@H](O)C[C@H](O[C@@H]3[C@@H](C)O[C@@H](O[C@H]4CC[C@@]5(C)C(=CC[C@@H]6C(=O)O[C@@H]7CO[C@]8(C)OC=C(CC[C@@H]65)[C@H]78)C4)C[C@H]3OC)O[C@@H]2C)O[C@@H](C)[C@@H]1O. The summed E-state index contributed by atoms with van der Waals surface area (Å²) in [5.41, 5.74) is 2.42. The van der Waals surface area contributed by atoms with Gasteiger partial charge in [-0.15, -0.1) is 0 Å². The lowest BCUT2D eigenvalue weighted by Gasteiger charge is -2.50. The van der Waals surface area contributed by atoms with E-state index in [1.165, 1.54) is 11.1 Å². The molecule has 0 aromatic rings. The van der Waals surface area contributed by atoms with Crippen molar-refractivity contribution in [2.24, 2.45) is 23.2 Å². The third-order valence-electron chi connectivity index (χ3n) is 14.2. The highest BCUT2D eigenvalue weighted by Crippen LogP contribution is 2.57. The van der Waals surface area contributed by atoms with Crippen molar-refractivity contribution in [2.75, 3.05) is 20.8 Å². The lowest BCUT2D eigenvalue weighted by Crippen LogP contribution is -2.56. The molecule has 310 valence electrons. The van der Waals surface area contributed by atoms with Gasteiger partial charge in [-0.3, -0.25) is 4.79 Å². The van der Waals surface area contributed by atoms with E-state index in [0.717, 1.165) is 32.1 Å². The van der Waals surface area contributed by atoms with Gasteiger partial charge in [-0.25, -0.2) is 0 Å². The minimum Gasteiger partial charge on any atom is -0.469 e. The number of rotatable bonds is 8. The lowest BCUT2D eigenvalue weighted by atomic mass is 9.55. The average molecular weight is 779 g/mol. The summed E-state index contributed by atoms with van der Waals surface area (Å²) in [4.78, 5) is 13.7. The molecule has 6 fully saturated rings. The first kappa shape index (κ1) is 40.1. The average Bonchev–Trinajstić information content (AvgIpc) is 3.66. The van der Waals surface area contributed by atoms with E-state index in [0.29, 0.717) is 25.9 Å². The second kappa shape index (κ2) is 15.8. The molecular weight excluding hydrogens is 716 g/mol. The third-order valence-corrected chi connectivity index (χ3v) is 14.2. The van der Waals surface area contributed by atoms with Crippen LogP contribution in [0.1, 0.15) is 92.4 Å². The summed E-state index contributed by atoms with van der Waals surface area (Å²) in [5, 5.41) is 21.5. The van der Waals surface area contributed by atoms with Crippen molar-refractivity contribution in [3.05, 3.63) is 23.5 Å². The summed E-state index contributed by atoms with van der Waals surface area (Å²) in [5.74, 6) is -0.920. The molecular formula is C41H62O14. The van der Waals surface area contributed by atoms with Crippen LogP contribution >= 0.6 is 0 Å². The van der Waals surface area contributed by atoms with E-state index >= 15 is 0 Å². The molecule has 0 bridgehead atoms. The Labute approximate surface area is 324 Å². The largest absolute Gasteiger partial charge is 0.469 e.